The summed E-state index contributed by atoms with van der Waals surface area (Å²) < 4.78 is 46.0. The van der Waals surface area contributed by atoms with Crippen molar-refractivity contribution in [3.05, 3.63) is 59.2 Å². The van der Waals surface area contributed by atoms with E-state index in [-0.39, 0.29) is 36.1 Å². The van der Waals surface area contributed by atoms with Gasteiger partial charge in [0, 0.05) is 24.7 Å². The Bertz CT molecular complexity index is 1070. The van der Waals surface area contributed by atoms with E-state index in [4.69, 9.17) is 16.1 Å². The van der Waals surface area contributed by atoms with E-state index >= 15 is 0 Å². The average Bonchev–Trinajstić information content (AvgIpc) is 3.34. The number of likely N-dealkylation sites (tertiary alicyclic amines) is 1. The summed E-state index contributed by atoms with van der Waals surface area (Å²) in [4.78, 5) is 22.5. The minimum absolute atomic E-state index is 0.0506. The first-order valence-corrected chi connectivity index (χ1v) is 9.38. The van der Waals surface area contributed by atoms with Gasteiger partial charge in [0.1, 0.15) is 17.5 Å². The number of hydrogen-bond donors (Lipinski definition) is 1. The number of halogens is 4. The molecule has 12 heteroatoms. The molecule has 1 saturated heterocycles. The van der Waals surface area contributed by atoms with Gasteiger partial charge in [0.2, 0.25) is 11.7 Å². The number of pyridine rings is 1. The van der Waals surface area contributed by atoms with Crippen molar-refractivity contribution in [1.82, 2.24) is 20.0 Å². The number of aliphatic hydroxyl groups excluding tert-OH is 1. The molecule has 2 aromatic heterocycles. The number of β-amino-alcohol motifs (C(OH)–C–C–N with tert-alkyl or cyclic N) is 1. The maximum absolute atomic E-state index is 12.8. The van der Waals surface area contributed by atoms with E-state index in [2.05, 4.69) is 19.9 Å². The van der Waals surface area contributed by atoms with Crippen molar-refractivity contribution in [3.8, 4) is 17.1 Å². The summed E-state index contributed by atoms with van der Waals surface area (Å²) in [7, 11) is 0. The van der Waals surface area contributed by atoms with E-state index in [1.165, 1.54) is 35.4 Å². The zero-order chi connectivity index (χ0) is 22.2. The summed E-state index contributed by atoms with van der Waals surface area (Å²) in [6.07, 6.45) is -4.07. The molecule has 0 radical (unpaired) electrons. The monoisotopic (exact) mass is 454 g/mol. The molecule has 31 heavy (non-hydrogen) atoms. The van der Waals surface area contributed by atoms with Crippen LogP contribution in [0.4, 0.5) is 13.2 Å². The van der Waals surface area contributed by atoms with Gasteiger partial charge in [-0.25, -0.2) is 4.98 Å². The van der Waals surface area contributed by atoms with Crippen molar-refractivity contribution in [2.75, 3.05) is 6.54 Å². The highest BCUT2D eigenvalue weighted by Gasteiger charge is 2.39. The van der Waals surface area contributed by atoms with Crippen LogP contribution < -0.4 is 4.74 Å². The third-order valence-corrected chi connectivity index (χ3v) is 4.78. The van der Waals surface area contributed by atoms with Crippen molar-refractivity contribution in [2.24, 2.45) is 0 Å². The van der Waals surface area contributed by atoms with Crippen LogP contribution in [0.2, 0.25) is 5.02 Å². The van der Waals surface area contributed by atoms with Gasteiger partial charge < -0.3 is 19.3 Å². The molecule has 3 heterocycles. The van der Waals surface area contributed by atoms with E-state index in [0.717, 1.165) is 12.1 Å². The van der Waals surface area contributed by atoms with Gasteiger partial charge in [-0.15, -0.1) is 13.2 Å². The lowest BCUT2D eigenvalue weighted by Crippen LogP contribution is -2.32. The predicted molar refractivity (Wildman–Crippen MR) is 100 cm³/mol. The van der Waals surface area contributed by atoms with E-state index < -0.39 is 24.4 Å². The van der Waals surface area contributed by atoms with Crippen molar-refractivity contribution in [3.63, 3.8) is 0 Å². The van der Waals surface area contributed by atoms with Crippen LogP contribution in [-0.4, -0.2) is 50.0 Å². The summed E-state index contributed by atoms with van der Waals surface area (Å²) >= 11 is 5.80. The van der Waals surface area contributed by atoms with Crippen LogP contribution in [0.15, 0.2) is 47.1 Å². The Labute approximate surface area is 178 Å². The molecule has 162 valence electrons. The quantitative estimate of drug-likeness (QED) is 0.642. The Morgan fingerprint density at radius 1 is 1.23 bits per heavy atom. The van der Waals surface area contributed by atoms with Crippen molar-refractivity contribution >= 4 is 17.5 Å². The molecule has 1 fully saturated rings. The Kier molecular flexibility index (Phi) is 5.54. The largest absolute Gasteiger partial charge is 0.573 e. The molecule has 1 unspecified atom stereocenters. The molecule has 0 aliphatic carbocycles. The van der Waals surface area contributed by atoms with Crippen LogP contribution in [0.1, 0.15) is 28.8 Å². The van der Waals surface area contributed by atoms with Gasteiger partial charge in [-0.3, -0.25) is 4.79 Å². The zero-order valence-corrected chi connectivity index (χ0v) is 16.3. The van der Waals surface area contributed by atoms with Crippen molar-refractivity contribution in [2.45, 2.75) is 24.9 Å². The number of benzene rings is 1. The number of nitrogens with zero attached hydrogens (tertiary/aromatic N) is 4. The second-order valence-electron chi connectivity index (χ2n) is 6.75. The topological polar surface area (TPSA) is 102 Å². The number of aliphatic hydroxyl groups is 1. The maximum Gasteiger partial charge on any atom is 0.573 e. The number of ether oxygens (including phenoxy) is 1. The Morgan fingerprint density at radius 3 is 2.61 bits per heavy atom. The second kappa shape index (κ2) is 8.16. The molecule has 4 rings (SSSR count). The summed E-state index contributed by atoms with van der Waals surface area (Å²) in [5.41, 5.74) is 0.531. The number of aromatic nitrogens is 3. The van der Waals surface area contributed by atoms with Crippen LogP contribution in [0, 0.1) is 0 Å². The van der Waals surface area contributed by atoms with Crippen LogP contribution in [0.25, 0.3) is 11.4 Å². The van der Waals surface area contributed by atoms with E-state index in [1.54, 1.807) is 0 Å². The molecule has 3 aromatic rings. The van der Waals surface area contributed by atoms with E-state index in [9.17, 15) is 23.1 Å². The van der Waals surface area contributed by atoms with Gasteiger partial charge in [-0.05, 0) is 36.4 Å². The first-order chi connectivity index (χ1) is 14.7. The smallest absolute Gasteiger partial charge is 0.406 e. The fraction of sp³-hybridized carbons (Fsp3) is 0.263. The summed E-state index contributed by atoms with van der Waals surface area (Å²) in [6.45, 7) is 0.0506. The number of carbonyl (C=O) groups excluding carboxylic acids is 1. The highest BCUT2D eigenvalue weighted by Crippen LogP contribution is 2.34. The number of amides is 1. The lowest BCUT2D eigenvalue weighted by atomic mass is 10.2. The molecule has 8 nitrogen and oxygen atoms in total. The Balaban J connectivity index is 1.54. The average molecular weight is 455 g/mol. The van der Waals surface area contributed by atoms with Crippen LogP contribution >= 0.6 is 11.6 Å². The molecule has 1 N–H and O–H groups in total. The summed E-state index contributed by atoms with van der Waals surface area (Å²) in [5, 5.41) is 14.3. The molecule has 0 saturated carbocycles. The van der Waals surface area contributed by atoms with Crippen molar-refractivity contribution < 1.29 is 32.3 Å². The first-order valence-electron chi connectivity index (χ1n) is 9.00. The normalized spacial score (nSPS) is 18.9. The van der Waals surface area contributed by atoms with Gasteiger partial charge in [0.05, 0.1) is 11.1 Å². The lowest BCUT2D eigenvalue weighted by Gasteiger charge is -2.21. The molecule has 1 aliphatic rings. The number of hydrogen-bond acceptors (Lipinski definition) is 7. The van der Waals surface area contributed by atoms with E-state index in [0.29, 0.717) is 10.6 Å². The van der Waals surface area contributed by atoms with Gasteiger partial charge in [0.15, 0.2) is 0 Å². The Morgan fingerprint density at radius 2 is 1.97 bits per heavy atom. The molecule has 1 aliphatic heterocycles. The Hall–Kier alpha value is -3.18. The number of rotatable bonds is 4. The van der Waals surface area contributed by atoms with E-state index in [1.807, 2.05) is 0 Å². The molecule has 2 atom stereocenters. The molecular formula is C19H14ClF3N4O4. The number of alkyl halides is 3. The highest BCUT2D eigenvalue weighted by atomic mass is 35.5. The third-order valence-electron chi connectivity index (χ3n) is 4.56. The minimum atomic E-state index is -4.79. The second-order valence-corrected chi connectivity index (χ2v) is 7.19. The molecule has 1 aromatic carbocycles. The maximum atomic E-state index is 12.8. The minimum Gasteiger partial charge on any atom is -0.406 e. The van der Waals surface area contributed by atoms with Crippen LogP contribution in [-0.2, 0) is 0 Å². The molecule has 0 bridgehead atoms. The van der Waals surface area contributed by atoms with Gasteiger partial charge in [-0.2, -0.15) is 4.98 Å². The van der Waals surface area contributed by atoms with Gasteiger partial charge in [-0.1, -0.05) is 16.8 Å². The highest BCUT2D eigenvalue weighted by molar-refractivity contribution is 6.30. The molecule has 0 spiro atoms. The van der Waals surface area contributed by atoms with Crippen molar-refractivity contribution in [1.29, 1.82) is 0 Å². The third kappa shape index (κ3) is 4.78. The number of carbonyl (C=O) groups is 1. The molecule has 1 amide bonds. The van der Waals surface area contributed by atoms with Crippen LogP contribution in [0.3, 0.4) is 0 Å². The lowest BCUT2D eigenvalue weighted by molar-refractivity contribution is -0.274. The fourth-order valence-corrected chi connectivity index (χ4v) is 3.33. The fourth-order valence-electron chi connectivity index (χ4n) is 3.22. The predicted octanol–water partition coefficient (Wildman–Crippen LogP) is 3.63. The zero-order valence-electron chi connectivity index (χ0n) is 15.6. The van der Waals surface area contributed by atoms with Crippen LogP contribution in [0.5, 0.6) is 5.75 Å². The van der Waals surface area contributed by atoms with Gasteiger partial charge >= 0.3 is 6.36 Å². The summed E-state index contributed by atoms with van der Waals surface area (Å²) in [6, 6.07) is 7.25. The standard InChI is InChI=1S/C19H14ClF3N4O4/c20-11-3-6-14(24-8-11)18(29)27-9-12(28)7-15(27)17-25-16(26-31-17)10-1-4-13(5-2-10)30-19(21,22)23/h1-6,8,12,15,28H,7,9H2/t12?,15-/m0/s1. The SMILES string of the molecule is O=C(c1ccc(Cl)cn1)N1CC(O)C[C@H]1c1nc(-c2ccc(OC(F)(F)F)cc2)no1. The summed E-state index contributed by atoms with van der Waals surface area (Å²) in [5.74, 6) is -0.616. The molecular weight excluding hydrogens is 441 g/mol. The first kappa shape index (κ1) is 21.1. The van der Waals surface area contributed by atoms with Gasteiger partial charge in [0.25, 0.3) is 5.91 Å².